The number of ether oxygens (including phenoxy) is 5. The number of carbonyl (C=O) groups excluding carboxylic acids is 4. The Balaban J connectivity index is 1.35. The normalized spacial score (nSPS) is 61.3. The summed E-state index contributed by atoms with van der Waals surface area (Å²) in [5.41, 5.74) is -9.73. The van der Waals surface area contributed by atoms with Crippen molar-refractivity contribution in [3.63, 3.8) is 0 Å². The van der Waals surface area contributed by atoms with Crippen LogP contribution in [0.1, 0.15) is 66.7 Å². The average molecular weight is 577 g/mol. The van der Waals surface area contributed by atoms with Crippen molar-refractivity contribution in [2.24, 2.45) is 29.1 Å². The molecule has 12 heteroatoms. The van der Waals surface area contributed by atoms with Crippen molar-refractivity contribution in [1.82, 2.24) is 0 Å². The van der Waals surface area contributed by atoms with Crippen LogP contribution < -0.4 is 0 Å². The van der Waals surface area contributed by atoms with Gasteiger partial charge < -0.3 is 39.0 Å². The standard InChI is InChI=1S/C29H36O12/c1-11-17-19(37-20(11)33)28(36)21-24(4,22(34)25(28,5)35)6-7-26-10-27-13(23(2,3)38-14(27)9-15(31)39-27)8-12(30)16(26)18(32)29(21,40-17)41-26/h11-14,16-17,19,21,30,35-36H,6-10H2,1-5H3/t11-,12-,13-,14+,16-,17+,19-,21+,24-,25-,26-,27+,28-,29+/m0/s1. The van der Waals surface area contributed by atoms with E-state index in [1.54, 1.807) is 6.92 Å². The van der Waals surface area contributed by atoms with Gasteiger partial charge in [0.05, 0.1) is 41.5 Å². The molecule has 41 heavy (non-hydrogen) atoms. The maximum absolute atomic E-state index is 14.8. The van der Waals surface area contributed by atoms with E-state index >= 15 is 0 Å². The molecule has 0 aromatic rings. The van der Waals surface area contributed by atoms with Gasteiger partial charge in [-0.1, -0.05) is 6.92 Å². The van der Waals surface area contributed by atoms with Crippen LogP contribution in [0, 0.1) is 29.1 Å². The minimum atomic E-state index is -2.42. The number of hydrogen-bond acceptors (Lipinski definition) is 12. The first kappa shape index (κ1) is 26.7. The molecular weight excluding hydrogens is 540 g/mol. The van der Waals surface area contributed by atoms with Gasteiger partial charge in [0.15, 0.2) is 17.5 Å². The van der Waals surface area contributed by atoms with E-state index in [0.29, 0.717) is 0 Å². The summed E-state index contributed by atoms with van der Waals surface area (Å²) in [6, 6.07) is 0. The largest absolute Gasteiger partial charge is 0.456 e. The molecule has 224 valence electrons. The van der Waals surface area contributed by atoms with E-state index in [0.717, 1.165) is 0 Å². The molecule has 2 saturated carbocycles. The Kier molecular flexibility index (Phi) is 4.58. The first-order valence-electron chi connectivity index (χ1n) is 14.6. The fourth-order valence-corrected chi connectivity index (χ4v) is 10.8. The van der Waals surface area contributed by atoms with E-state index in [9.17, 15) is 34.5 Å². The summed E-state index contributed by atoms with van der Waals surface area (Å²) in [4.78, 5) is 54.4. The molecule has 8 rings (SSSR count). The summed E-state index contributed by atoms with van der Waals surface area (Å²) in [7, 11) is 0. The second-order valence-corrected chi connectivity index (χ2v) is 14.9. The Morgan fingerprint density at radius 2 is 1.68 bits per heavy atom. The van der Waals surface area contributed by atoms with Crippen LogP contribution in [0.15, 0.2) is 0 Å². The van der Waals surface area contributed by atoms with Gasteiger partial charge in [0, 0.05) is 17.8 Å². The van der Waals surface area contributed by atoms with Crippen LogP contribution in [-0.2, 0) is 42.9 Å². The molecule has 0 unspecified atom stereocenters. The lowest BCUT2D eigenvalue weighted by Gasteiger charge is -2.54. The third kappa shape index (κ3) is 2.56. The predicted octanol–water partition coefficient (Wildman–Crippen LogP) is -0.288. The molecule has 0 aromatic carbocycles. The lowest BCUT2D eigenvalue weighted by Crippen LogP contribution is -2.75. The number of carbonyl (C=O) groups is 4. The van der Waals surface area contributed by atoms with Crippen molar-refractivity contribution >= 4 is 23.5 Å². The summed E-state index contributed by atoms with van der Waals surface area (Å²) in [5.74, 6) is -8.72. The first-order valence-corrected chi connectivity index (χ1v) is 14.6. The second kappa shape index (κ2) is 7.05. The van der Waals surface area contributed by atoms with Crippen molar-refractivity contribution in [1.29, 1.82) is 0 Å². The minimum absolute atomic E-state index is 0.0218. The molecule has 3 spiro atoms. The number of rotatable bonds is 0. The maximum atomic E-state index is 14.8. The van der Waals surface area contributed by atoms with Crippen LogP contribution in [0.25, 0.3) is 0 Å². The molecule has 2 bridgehead atoms. The number of ketones is 2. The average Bonchev–Trinajstić information content (AvgIpc) is 3.44. The summed E-state index contributed by atoms with van der Waals surface area (Å²) < 4.78 is 31.3. The van der Waals surface area contributed by atoms with Gasteiger partial charge in [-0.15, -0.1) is 0 Å². The van der Waals surface area contributed by atoms with Crippen LogP contribution in [0.5, 0.6) is 0 Å². The zero-order valence-corrected chi connectivity index (χ0v) is 23.7. The summed E-state index contributed by atoms with van der Waals surface area (Å²) in [6.45, 7) is 8.05. The number of fused-ring (bicyclic) bond motifs is 2. The smallest absolute Gasteiger partial charge is 0.311 e. The van der Waals surface area contributed by atoms with Gasteiger partial charge in [0.25, 0.3) is 0 Å². The topological polar surface area (TPSA) is 175 Å². The third-order valence-electron chi connectivity index (χ3n) is 12.5. The molecule has 8 fully saturated rings. The molecule has 12 nitrogen and oxygen atoms in total. The Labute approximate surface area is 236 Å². The van der Waals surface area contributed by atoms with Crippen LogP contribution >= 0.6 is 0 Å². The van der Waals surface area contributed by atoms with E-state index < -0.39 is 111 Å². The lowest BCUT2D eigenvalue weighted by atomic mass is 9.59. The fourth-order valence-electron chi connectivity index (χ4n) is 10.8. The highest BCUT2D eigenvalue weighted by Crippen LogP contribution is 2.72. The highest BCUT2D eigenvalue weighted by atomic mass is 16.7. The Hall–Kier alpha value is -1.96. The molecule has 8 aliphatic rings. The number of hydrogen-bond donors (Lipinski definition) is 3. The van der Waals surface area contributed by atoms with E-state index in [2.05, 4.69) is 0 Å². The summed E-state index contributed by atoms with van der Waals surface area (Å²) >= 11 is 0. The van der Waals surface area contributed by atoms with E-state index in [1.165, 1.54) is 13.8 Å². The van der Waals surface area contributed by atoms with Crippen LogP contribution in [0.3, 0.4) is 0 Å². The van der Waals surface area contributed by atoms with Crippen LogP contribution in [0.2, 0.25) is 0 Å². The summed E-state index contributed by atoms with van der Waals surface area (Å²) in [5, 5.41) is 36.0. The van der Waals surface area contributed by atoms with Gasteiger partial charge in [0.2, 0.25) is 11.6 Å². The molecule has 14 atom stereocenters. The van der Waals surface area contributed by atoms with Crippen LogP contribution in [0.4, 0.5) is 0 Å². The Morgan fingerprint density at radius 1 is 0.976 bits per heavy atom. The van der Waals surface area contributed by atoms with Gasteiger partial charge in [0.1, 0.15) is 23.4 Å². The fraction of sp³-hybridized carbons (Fsp3) is 0.862. The van der Waals surface area contributed by atoms with Crippen LogP contribution in [-0.4, -0.2) is 97.0 Å². The van der Waals surface area contributed by atoms with Gasteiger partial charge in [-0.05, 0) is 47.0 Å². The lowest BCUT2D eigenvalue weighted by molar-refractivity contribution is -0.370. The number of aliphatic hydroxyl groups is 3. The number of esters is 2. The van der Waals surface area contributed by atoms with Gasteiger partial charge in [-0.25, -0.2) is 0 Å². The van der Waals surface area contributed by atoms with Crippen molar-refractivity contribution < 1.29 is 58.2 Å². The quantitative estimate of drug-likeness (QED) is 0.322. The van der Waals surface area contributed by atoms with Crippen molar-refractivity contribution in [2.75, 3.05) is 0 Å². The van der Waals surface area contributed by atoms with E-state index in [1.807, 2.05) is 13.8 Å². The molecule has 6 aliphatic heterocycles. The Bertz CT molecular complexity index is 1340. The third-order valence-corrected chi connectivity index (χ3v) is 12.5. The highest BCUT2D eigenvalue weighted by molar-refractivity contribution is 6.01. The second-order valence-electron chi connectivity index (χ2n) is 14.9. The monoisotopic (exact) mass is 576 g/mol. The van der Waals surface area contributed by atoms with Gasteiger partial charge in [-0.3, -0.25) is 19.2 Å². The number of Topliss-reactive ketones (excluding diaryl/α,β-unsaturated/α-hetero) is 2. The van der Waals surface area contributed by atoms with Gasteiger partial charge in [-0.2, -0.15) is 0 Å². The van der Waals surface area contributed by atoms with Crippen molar-refractivity contribution in [3.8, 4) is 0 Å². The molecule has 6 heterocycles. The molecule has 0 aromatic heterocycles. The molecule has 2 aliphatic carbocycles. The van der Waals surface area contributed by atoms with Crippen molar-refractivity contribution in [2.45, 2.75) is 125 Å². The highest BCUT2D eigenvalue weighted by Gasteiger charge is 2.90. The first-order chi connectivity index (χ1) is 18.9. The minimum Gasteiger partial charge on any atom is -0.456 e. The zero-order valence-electron chi connectivity index (χ0n) is 23.7. The summed E-state index contributed by atoms with van der Waals surface area (Å²) in [6.07, 6.45) is -4.22. The van der Waals surface area contributed by atoms with Crippen molar-refractivity contribution in [3.05, 3.63) is 0 Å². The zero-order chi connectivity index (χ0) is 29.5. The van der Waals surface area contributed by atoms with Gasteiger partial charge >= 0.3 is 11.9 Å². The number of aliphatic hydroxyl groups excluding tert-OH is 1. The molecule has 3 N–H and O–H groups in total. The van der Waals surface area contributed by atoms with E-state index in [4.69, 9.17) is 23.7 Å². The molecule has 0 amide bonds. The van der Waals surface area contributed by atoms with E-state index in [-0.39, 0.29) is 32.1 Å². The molecule has 0 radical (unpaired) electrons. The SMILES string of the molecule is C[C@@H]1C(=O)O[C@H]2[C@@H]1O[C@]13O[C@@]4(CC[C@]5(C)C(=O)[C@](C)(O)[C@@]2(O)[C@H]15)C[C@]12OC(=O)C[C@H]1OC(C)(C)[C@@H]2C[C@H](O)[C@H]4C3=O. The predicted molar refractivity (Wildman–Crippen MR) is 131 cm³/mol. The maximum Gasteiger partial charge on any atom is 0.311 e. The molecular formula is C29H36O12. The molecule has 6 saturated heterocycles. The Morgan fingerprint density at radius 3 is 2.39 bits per heavy atom.